The van der Waals surface area contributed by atoms with Crippen LogP contribution in [-0.4, -0.2) is 27.9 Å². The van der Waals surface area contributed by atoms with E-state index in [9.17, 15) is 37.7 Å². The second-order valence-electron chi connectivity index (χ2n) is 9.61. The van der Waals surface area contributed by atoms with Gasteiger partial charge in [-0.15, -0.1) is 11.8 Å². The summed E-state index contributed by atoms with van der Waals surface area (Å²) < 4.78 is 39.2. The Labute approximate surface area is 270 Å². The van der Waals surface area contributed by atoms with Gasteiger partial charge in [-0.2, -0.15) is 13.2 Å². The number of carbonyl (C=O) groups excluding carboxylic acids is 3. The van der Waals surface area contributed by atoms with Crippen LogP contribution in [0.5, 0.6) is 0 Å². The van der Waals surface area contributed by atoms with Crippen LogP contribution in [0.25, 0.3) is 6.08 Å². The molecule has 0 aliphatic rings. The Kier molecular flexibility index (Phi) is 10.8. The molecule has 4 aromatic carbocycles. The van der Waals surface area contributed by atoms with Crippen molar-refractivity contribution in [2.24, 2.45) is 0 Å². The molecule has 14 heteroatoms. The van der Waals surface area contributed by atoms with Crippen LogP contribution < -0.4 is 16.0 Å². The Bertz CT molecular complexity index is 1800. The van der Waals surface area contributed by atoms with Gasteiger partial charge in [0.1, 0.15) is 5.70 Å². The zero-order valence-corrected chi connectivity index (χ0v) is 25.4. The molecule has 0 saturated heterocycles. The Morgan fingerprint density at radius 3 is 2.22 bits per heavy atom. The first kappa shape index (κ1) is 33.7. The summed E-state index contributed by atoms with van der Waals surface area (Å²) in [6.45, 7) is 1.56. The van der Waals surface area contributed by atoms with Gasteiger partial charge >= 0.3 is 6.18 Å². The largest absolute Gasteiger partial charge is 0.416 e. The second-order valence-corrected chi connectivity index (χ2v) is 11.4. The fourth-order valence-corrected chi connectivity index (χ4v) is 5.01. The summed E-state index contributed by atoms with van der Waals surface area (Å²) in [6, 6.07) is 22.7. The minimum absolute atomic E-state index is 0.0473. The molecule has 0 spiro atoms. The maximum Gasteiger partial charge on any atom is 0.416 e. The number of halogens is 4. The Hall–Kier alpha value is -5.14. The van der Waals surface area contributed by atoms with Crippen LogP contribution in [0.3, 0.4) is 0 Å². The molecule has 0 aliphatic heterocycles. The Morgan fingerprint density at radius 2 is 1.57 bits per heavy atom. The van der Waals surface area contributed by atoms with Gasteiger partial charge in [-0.25, -0.2) is 0 Å². The van der Waals surface area contributed by atoms with E-state index < -0.39 is 39.6 Å². The summed E-state index contributed by atoms with van der Waals surface area (Å²) in [6.07, 6.45) is -3.40. The first-order valence-corrected chi connectivity index (χ1v) is 14.6. The number of nitrogens with zero attached hydrogens (tertiary/aromatic N) is 1. The molecule has 1 atom stereocenters. The molecule has 236 valence electrons. The van der Waals surface area contributed by atoms with Gasteiger partial charge in [0.05, 0.1) is 32.0 Å². The van der Waals surface area contributed by atoms with E-state index >= 15 is 0 Å². The molecular formula is C32H24ClF3N4O5S. The molecule has 3 N–H and O–H groups in total. The zero-order valence-electron chi connectivity index (χ0n) is 23.8. The number of rotatable bonds is 10. The third-order valence-corrected chi connectivity index (χ3v) is 7.75. The number of thioether (sulfide) groups is 1. The maximum absolute atomic E-state index is 13.3. The Morgan fingerprint density at radius 1 is 0.913 bits per heavy atom. The normalized spacial score (nSPS) is 12.2. The molecule has 0 heterocycles. The molecule has 1 unspecified atom stereocenters. The van der Waals surface area contributed by atoms with Gasteiger partial charge in [-0.1, -0.05) is 41.9 Å². The number of hydrogen-bond donors (Lipinski definition) is 3. The number of nitrogens with one attached hydrogen (secondary N) is 3. The molecule has 0 bridgehead atoms. The van der Waals surface area contributed by atoms with E-state index in [4.69, 9.17) is 11.6 Å². The van der Waals surface area contributed by atoms with Crippen molar-refractivity contribution >= 4 is 64.2 Å². The summed E-state index contributed by atoms with van der Waals surface area (Å²) in [5, 5.41) is 18.3. The molecule has 0 aliphatic carbocycles. The molecule has 0 radical (unpaired) electrons. The van der Waals surface area contributed by atoms with Crippen LogP contribution in [0.1, 0.15) is 28.4 Å². The van der Waals surface area contributed by atoms with E-state index in [1.165, 1.54) is 36.4 Å². The van der Waals surface area contributed by atoms with Crippen LogP contribution in [0, 0.1) is 10.1 Å². The average molecular weight is 669 g/mol. The quantitative estimate of drug-likeness (QED) is 0.0684. The summed E-state index contributed by atoms with van der Waals surface area (Å²) in [5.74, 6) is -1.94. The average Bonchev–Trinajstić information content (AvgIpc) is 3.02. The van der Waals surface area contributed by atoms with E-state index in [0.717, 1.165) is 30.0 Å². The van der Waals surface area contributed by atoms with E-state index in [0.29, 0.717) is 10.6 Å². The topological polar surface area (TPSA) is 130 Å². The van der Waals surface area contributed by atoms with E-state index in [1.54, 1.807) is 55.5 Å². The molecule has 0 saturated carbocycles. The molecule has 0 fully saturated rings. The van der Waals surface area contributed by atoms with Gasteiger partial charge < -0.3 is 16.0 Å². The number of amides is 3. The maximum atomic E-state index is 13.3. The predicted molar refractivity (Wildman–Crippen MR) is 170 cm³/mol. The lowest BCUT2D eigenvalue weighted by Crippen LogP contribution is -2.30. The summed E-state index contributed by atoms with van der Waals surface area (Å²) in [5.41, 5.74) is -0.975. The third-order valence-electron chi connectivity index (χ3n) is 6.31. The van der Waals surface area contributed by atoms with Crippen molar-refractivity contribution in [3.8, 4) is 0 Å². The van der Waals surface area contributed by atoms with Crippen LogP contribution in [0.2, 0.25) is 5.02 Å². The highest BCUT2D eigenvalue weighted by molar-refractivity contribution is 8.00. The zero-order chi connectivity index (χ0) is 33.4. The summed E-state index contributed by atoms with van der Waals surface area (Å²) in [7, 11) is 0. The molecule has 3 amide bonds. The van der Waals surface area contributed by atoms with Crippen molar-refractivity contribution in [3.63, 3.8) is 0 Å². The third kappa shape index (κ3) is 8.96. The fraction of sp³-hybridized carbons (Fsp3) is 0.0938. The highest BCUT2D eigenvalue weighted by Gasteiger charge is 2.31. The SMILES string of the molecule is CC(Sc1ccc(NC(=O)/C(=C/c2ccccc2[N+](=O)[O-])NC(=O)c2ccccc2)cc1)C(=O)Nc1cc(C(F)(F)F)ccc1Cl. The predicted octanol–water partition coefficient (Wildman–Crippen LogP) is 7.80. The lowest BCUT2D eigenvalue weighted by atomic mass is 10.1. The van der Waals surface area contributed by atoms with Crippen molar-refractivity contribution in [2.75, 3.05) is 10.6 Å². The highest BCUT2D eigenvalue weighted by atomic mass is 35.5. The van der Waals surface area contributed by atoms with Crippen molar-refractivity contribution in [1.82, 2.24) is 5.32 Å². The fourth-order valence-electron chi connectivity index (χ4n) is 3.98. The van der Waals surface area contributed by atoms with Crippen LogP contribution in [0.15, 0.2) is 108 Å². The van der Waals surface area contributed by atoms with Crippen LogP contribution in [0.4, 0.5) is 30.2 Å². The van der Waals surface area contributed by atoms with Gasteiger partial charge in [0.2, 0.25) is 5.91 Å². The number of nitro benzene ring substituents is 1. The molecule has 46 heavy (non-hydrogen) atoms. The van der Waals surface area contributed by atoms with Gasteiger partial charge in [0.25, 0.3) is 17.5 Å². The number of anilines is 2. The highest BCUT2D eigenvalue weighted by Crippen LogP contribution is 2.34. The number of carbonyl (C=O) groups is 3. The van der Waals surface area contributed by atoms with E-state index in [1.807, 2.05) is 0 Å². The van der Waals surface area contributed by atoms with Crippen LogP contribution >= 0.6 is 23.4 Å². The van der Waals surface area contributed by atoms with Gasteiger partial charge in [-0.3, -0.25) is 24.5 Å². The van der Waals surface area contributed by atoms with Crippen molar-refractivity contribution in [2.45, 2.75) is 23.2 Å². The number of hydrogen-bond acceptors (Lipinski definition) is 6. The van der Waals surface area contributed by atoms with Crippen molar-refractivity contribution in [1.29, 1.82) is 0 Å². The first-order valence-electron chi connectivity index (χ1n) is 13.4. The minimum Gasteiger partial charge on any atom is -0.324 e. The first-order chi connectivity index (χ1) is 21.8. The molecular weight excluding hydrogens is 645 g/mol. The van der Waals surface area contributed by atoms with Gasteiger partial charge in [-0.05, 0) is 73.7 Å². The molecule has 0 aromatic heterocycles. The number of alkyl halides is 3. The second kappa shape index (κ2) is 14.8. The monoisotopic (exact) mass is 668 g/mol. The lowest BCUT2D eigenvalue weighted by Gasteiger charge is -2.15. The standard InChI is InChI=1S/C32H24ClF3N4O5S/c1-19(29(41)38-26-18-22(32(34,35)36)11-16-25(26)33)46-24-14-12-23(13-15-24)37-31(43)27(39-30(42)20-7-3-2-4-8-20)17-21-9-5-6-10-28(21)40(44)45/h2-19H,1H3,(H,37,43)(H,38,41)(H,39,42)/b27-17-. The van der Waals surface area contributed by atoms with Gasteiger partial charge in [0.15, 0.2) is 0 Å². The number of nitro groups is 1. The van der Waals surface area contributed by atoms with Crippen molar-refractivity contribution in [3.05, 3.63) is 135 Å². The number of benzene rings is 4. The number of para-hydroxylation sites is 1. The minimum atomic E-state index is -4.61. The Balaban J connectivity index is 1.47. The molecule has 9 nitrogen and oxygen atoms in total. The summed E-state index contributed by atoms with van der Waals surface area (Å²) >= 11 is 7.09. The van der Waals surface area contributed by atoms with E-state index in [-0.39, 0.29) is 33.2 Å². The lowest BCUT2D eigenvalue weighted by molar-refractivity contribution is -0.385. The van der Waals surface area contributed by atoms with Crippen LogP contribution in [-0.2, 0) is 15.8 Å². The van der Waals surface area contributed by atoms with E-state index in [2.05, 4.69) is 16.0 Å². The summed E-state index contributed by atoms with van der Waals surface area (Å²) in [4.78, 5) is 50.4. The molecule has 4 rings (SSSR count). The molecule has 4 aromatic rings. The van der Waals surface area contributed by atoms with Crippen molar-refractivity contribution < 1.29 is 32.5 Å². The van der Waals surface area contributed by atoms with Gasteiger partial charge in [0, 0.05) is 22.2 Å². The smallest absolute Gasteiger partial charge is 0.324 e.